The van der Waals surface area contributed by atoms with Gasteiger partial charge in [0.1, 0.15) is 0 Å². The van der Waals surface area contributed by atoms with E-state index in [4.69, 9.17) is 4.74 Å². The van der Waals surface area contributed by atoms with Gasteiger partial charge in [-0.2, -0.15) is 0 Å². The number of hydrogen-bond acceptors (Lipinski definition) is 3. The van der Waals surface area contributed by atoms with Crippen LogP contribution in [0.2, 0.25) is 0 Å². The number of rotatable bonds is 6. The molecule has 122 valence electrons. The molecule has 0 spiro atoms. The van der Waals surface area contributed by atoms with Crippen LogP contribution in [-0.4, -0.2) is 48.3 Å². The molecule has 4 heteroatoms. The Morgan fingerprint density at radius 1 is 1.45 bits per heavy atom. The van der Waals surface area contributed by atoms with E-state index in [2.05, 4.69) is 0 Å². The van der Waals surface area contributed by atoms with Gasteiger partial charge in [0.15, 0.2) is 0 Å². The number of aliphatic hydroxyl groups is 1. The fourth-order valence-electron chi connectivity index (χ4n) is 2.88. The lowest BCUT2D eigenvalue weighted by molar-refractivity contribution is 0.0714. The molecule has 1 aromatic carbocycles. The molecule has 0 aromatic heterocycles. The van der Waals surface area contributed by atoms with E-state index in [9.17, 15) is 9.90 Å². The molecular weight excluding hydrogens is 278 g/mol. The summed E-state index contributed by atoms with van der Waals surface area (Å²) in [7, 11) is 1.70. The first kappa shape index (κ1) is 17.0. The zero-order valence-electron chi connectivity index (χ0n) is 13.8. The predicted octanol–water partition coefficient (Wildman–Crippen LogP) is 2.50. The Morgan fingerprint density at radius 3 is 2.91 bits per heavy atom. The fraction of sp³-hybridized carbons (Fsp3) is 0.611. The first-order valence-electron chi connectivity index (χ1n) is 7.98. The van der Waals surface area contributed by atoms with Gasteiger partial charge >= 0.3 is 0 Å². The molecule has 1 saturated heterocycles. The van der Waals surface area contributed by atoms with Crippen LogP contribution in [0.5, 0.6) is 0 Å². The maximum absolute atomic E-state index is 12.6. The van der Waals surface area contributed by atoms with Crippen LogP contribution in [0.15, 0.2) is 24.3 Å². The first-order valence-corrected chi connectivity index (χ1v) is 7.98. The highest BCUT2D eigenvalue weighted by atomic mass is 16.5. The third kappa shape index (κ3) is 4.82. The van der Waals surface area contributed by atoms with Crippen LogP contribution < -0.4 is 0 Å². The van der Waals surface area contributed by atoms with E-state index in [0.29, 0.717) is 12.3 Å². The van der Waals surface area contributed by atoms with Crippen LogP contribution >= 0.6 is 0 Å². The summed E-state index contributed by atoms with van der Waals surface area (Å²) in [6.45, 7) is 5.92. The molecule has 1 aromatic rings. The quantitative estimate of drug-likeness (QED) is 0.878. The molecule has 22 heavy (non-hydrogen) atoms. The lowest BCUT2D eigenvalue weighted by Gasteiger charge is -2.18. The van der Waals surface area contributed by atoms with Crippen molar-refractivity contribution < 1.29 is 14.6 Å². The molecule has 1 amide bonds. The van der Waals surface area contributed by atoms with Crippen molar-refractivity contribution in [1.82, 2.24) is 4.90 Å². The monoisotopic (exact) mass is 305 g/mol. The summed E-state index contributed by atoms with van der Waals surface area (Å²) in [6, 6.07) is 7.77. The lowest BCUT2D eigenvalue weighted by atomic mass is 9.98. The van der Waals surface area contributed by atoms with Gasteiger partial charge < -0.3 is 14.7 Å². The topological polar surface area (TPSA) is 49.8 Å². The van der Waals surface area contributed by atoms with Crippen LogP contribution in [0.3, 0.4) is 0 Å². The van der Waals surface area contributed by atoms with E-state index in [1.165, 1.54) is 0 Å². The third-order valence-corrected chi connectivity index (χ3v) is 4.17. The standard InChI is InChI=1S/C18H27NO3/c1-18(2,21)9-7-14-5-4-6-16(11-14)17(20)19-10-8-15(12-19)13-22-3/h4-6,11,15,21H,7-10,12-13H2,1-3H3. The van der Waals surface area contributed by atoms with E-state index in [1.54, 1.807) is 7.11 Å². The van der Waals surface area contributed by atoms with Gasteiger partial charge in [0.25, 0.3) is 5.91 Å². The second-order valence-electron chi connectivity index (χ2n) is 6.87. The molecule has 4 nitrogen and oxygen atoms in total. The Hall–Kier alpha value is -1.39. The van der Waals surface area contributed by atoms with E-state index in [1.807, 2.05) is 43.0 Å². The molecule has 2 rings (SSSR count). The number of hydrogen-bond donors (Lipinski definition) is 1. The number of methoxy groups -OCH3 is 1. The highest BCUT2D eigenvalue weighted by Gasteiger charge is 2.26. The van der Waals surface area contributed by atoms with Crippen molar-refractivity contribution in [1.29, 1.82) is 0 Å². The SMILES string of the molecule is COCC1CCN(C(=O)c2cccc(CCC(C)(C)O)c2)C1. The average Bonchev–Trinajstić information content (AvgIpc) is 2.93. The van der Waals surface area contributed by atoms with Crippen molar-refractivity contribution in [3.8, 4) is 0 Å². The van der Waals surface area contributed by atoms with Gasteiger partial charge in [-0.25, -0.2) is 0 Å². The molecule has 1 unspecified atom stereocenters. The van der Waals surface area contributed by atoms with E-state index >= 15 is 0 Å². The summed E-state index contributed by atoms with van der Waals surface area (Å²) in [6.07, 6.45) is 2.47. The van der Waals surface area contributed by atoms with Crippen molar-refractivity contribution in [2.75, 3.05) is 26.8 Å². The van der Waals surface area contributed by atoms with Gasteiger partial charge in [0, 0.05) is 31.7 Å². The van der Waals surface area contributed by atoms with Crippen LogP contribution in [-0.2, 0) is 11.2 Å². The molecule has 1 N–H and O–H groups in total. The Morgan fingerprint density at radius 2 is 2.23 bits per heavy atom. The third-order valence-electron chi connectivity index (χ3n) is 4.17. The maximum atomic E-state index is 12.6. The minimum Gasteiger partial charge on any atom is -0.390 e. The normalized spacial score (nSPS) is 18.7. The first-order chi connectivity index (χ1) is 10.4. The predicted molar refractivity (Wildman–Crippen MR) is 86.9 cm³/mol. The lowest BCUT2D eigenvalue weighted by Crippen LogP contribution is -2.29. The van der Waals surface area contributed by atoms with Gasteiger partial charge in [-0.15, -0.1) is 0 Å². The molecular formula is C18H27NO3. The second-order valence-corrected chi connectivity index (χ2v) is 6.87. The molecule has 1 atom stereocenters. The van der Waals surface area contributed by atoms with Gasteiger partial charge in [-0.1, -0.05) is 12.1 Å². The highest BCUT2D eigenvalue weighted by Crippen LogP contribution is 2.20. The Kier molecular flexibility index (Phi) is 5.59. The number of likely N-dealkylation sites (tertiary alicyclic amines) is 1. The van der Waals surface area contributed by atoms with Crippen LogP contribution in [0, 0.1) is 5.92 Å². The van der Waals surface area contributed by atoms with Crippen LogP contribution in [0.1, 0.15) is 42.6 Å². The summed E-state index contributed by atoms with van der Waals surface area (Å²) in [5.41, 5.74) is 1.16. The number of nitrogens with zero attached hydrogens (tertiary/aromatic N) is 1. The van der Waals surface area contributed by atoms with Crippen molar-refractivity contribution in [3.05, 3.63) is 35.4 Å². The average molecular weight is 305 g/mol. The van der Waals surface area contributed by atoms with Gasteiger partial charge in [-0.05, 0) is 50.8 Å². The molecule has 0 bridgehead atoms. The zero-order valence-corrected chi connectivity index (χ0v) is 13.8. The highest BCUT2D eigenvalue weighted by molar-refractivity contribution is 5.94. The summed E-state index contributed by atoms with van der Waals surface area (Å²) >= 11 is 0. The van der Waals surface area contributed by atoms with Crippen molar-refractivity contribution >= 4 is 5.91 Å². The van der Waals surface area contributed by atoms with E-state index in [-0.39, 0.29) is 5.91 Å². The van der Waals surface area contributed by atoms with Gasteiger partial charge in [-0.3, -0.25) is 4.79 Å². The Balaban J connectivity index is 1.98. The van der Waals surface area contributed by atoms with Crippen LogP contribution in [0.25, 0.3) is 0 Å². The van der Waals surface area contributed by atoms with Crippen molar-refractivity contribution in [2.45, 2.75) is 38.7 Å². The molecule has 0 saturated carbocycles. The second kappa shape index (κ2) is 7.25. The zero-order chi connectivity index (χ0) is 16.2. The molecule has 0 aliphatic carbocycles. The fourth-order valence-corrected chi connectivity index (χ4v) is 2.88. The summed E-state index contributed by atoms with van der Waals surface area (Å²) < 4.78 is 5.18. The molecule has 1 aliphatic heterocycles. The maximum Gasteiger partial charge on any atom is 0.253 e. The minimum absolute atomic E-state index is 0.101. The Labute approximate surface area is 133 Å². The van der Waals surface area contributed by atoms with Crippen molar-refractivity contribution in [2.24, 2.45) is 5.92 Å². The number of benzene rings is 1. The molecule has 0 radical (unpaired) electrons. The minimum atomic E-state index is -0.678. The number of carbonyl (C=O) groups excluding carboxylic acids is 1. The number of amides is 1. The van der Waals surface area contributed by atoms with Gasteiger partial charge in [0.05, 0.1) is 12.2 Å². The summed E-state index contributed by atoms with van der Waals surface area (Å²) in [5, 5.41) is 9.82. The van der Waals surface area contributed by atoms with Gasteiger partial charge in [0.2, 0.25) is 0 Å². The largest absolute Gasteiger partial charge is 0.390 e. The molecule has 1 aliphatic rings. The summed E-state index contributed by atoms with van der Waals surface area (Å²) in [4.78, 5) is 14.5. The van der Waals surface area contributed by atoms with E-state index < -0.39 is 5.60 Å². The smallest absolute Gasteiger partial charge is 0.253 e. The molecule has 1 fully saturated rings. The number of aryl methyl sites for hydroxylation is 1. The van der Waals surface area contributed by atoms with E-state index in [0.717, 1.165) is 43.7 Å². The number of ether oxygens (including phenoxy) is 1. The summed E-state index contributed by atoms with van der Waals surface area (Å²) in [5.74, 6) is 0.552. The number of carbonyl (C=O) groups is 1. The molecule has 1 heterocycles. The Bertz CT molecular complexity index is 507. The van der Waals surface area contributed by atoms with Crippen LogP contribution in [0.4, 0.5) is 0 Å². The van der Waals surface area contributed by atoms with Crippen molar-refractivity contribution in [3.63, 3.8) is 0 Å².